The molecule has 0 aromatic carbocycles. The second kappa shape index (κ2) is 13.1. The van der Waals surface area contributed by atoms with Gasteiger partial charge in [0.25, 0.3) is 0 Å². The van der Waals surface area contributed by atoms with E-state index < -0.39 is 8.24 Å². The first-order chi connectivity index (χ1) is 8.64. The van der Waals surface area contributed by atoms with Crippen LogP contribution in [0.1, 0.15) is 20.8 Å². The van der Waals surface area contributed by atoms with Crippen molar-refractivity contribution in [1.82, 2.24) is 0 Å². The van der Waals surface area contributed by atoms with E-state index >= 15 is 0 Å². The van der Waals surface area contributed by atoms with E-state index in [0.29, 0.717) is 0 Å². The largest absolute Gasteiger partial charge is 3.00 e. The molecule has 20 heavy (non-hydrogen) atoms. The topological polar surface area (TPSA) is 42.3 Å². The average Bonchev–Trinajstić information content (AvgIpc) is 2.68. The number of allylic oxidation sites excluding steroid dienone is 4. The van der Waals surface area contributed by atoms with Crippen molar-refractivity contribution in [2.75, 3.05) is 28.2 Å². The van der Waals surface area contributed by atoms with Gasteiger partial charge in [0, 0.05) is 6.42 Å². The molecule has 1 rings (SSSR count). The van der Waals surface area contributed by atoms with Gasteiger partial charge in [0.2, 0.25) is 0 Å². The molecule has 0 heterocycles. The quantitative estimate of drug-likeness (QED) is 0.622. The molecule has 5 heteroatoms. The molecule has 0 atom stereocenters. The Balaban J connectivity index is -0.000000356. The minimum Gasteiger partial charge on any atom is -0.668 e. The Morgan fingerprint density at radius 3 is 1.55 bits per heavy atom. The Labute approximate surface area is 147 Å². The van der Waals surface area contributed by atoms with E-state index in [4.69, 9.17) is 4.98 Å². The third kappa shape index (κ3) is 14.9. The van der Waals surface area contributed by atoms with Gasteiger partial charge >= 0.3 is 26.2 Å². The Hall–Kier alpha value is 0.460. The Morgan fingerprint density at radius 2 is 1.30 bits per heavy atom. The normalized spacial score (nSPS) is 13.3. The van der Waals surface area contributed by atoms with Gasteiger partial charge in [-0.15, -0.1) is 5.54 Å². The van der Waals surface area contributed by atoms with E-state index in [1.165, 1.54) is 5.20 Å². The molecule has 0 unspecified atom stereocenters. The molecule has 3 nitrogen and oxygen atoms in total. The summed E-state index contributed by atoms with van der Waals surface area (Å²) in [4.78, 5) is 4.92. The molecule has 1 aliphatic rings. The van der Waals surface area contributed by atoms with Gasteiger partial charge in [-0.1, -0.05) is 57.3 Å². The smallest absolute Gasteiger partial charge is 0.668 e. The maximum Gasteiger partial charge on any atom is 3.00 e. The Bertz CT molecular complexity index is 279. The first kappa shape index (κ1) is 25.4. The summed E-state index contributed by atoms with van der Waals surface area (Å²) in [5, 5.41) is 8.43. The molecule has 0 aromatic rings. The standard InChI is InChI=1S/C11H19NSi.2C2H6N.Zr/c1-11(2,3)12-13(4,5)10-8-6-7-9-10;2*1-3-2;/h6-9H,1-5H3;2*1-2H3;/q3*-1;+3. The molecule has 0 N–H and O–H groups in total. The van der Waals surface area contributed by atoms with Gasteiger partial charge in [-0.2, -0.15) is 28.2 Å². The minimum atomic E-state index is -1.54. The molecule has 0 amide bonds. The molecule has 1 aliphatic carbocycles. The van der Waals surface area contributed by atoms with E-state index in [0.717, 1.165) is 0 Å². The fraction of sp³-hybridized carbons (Fsp3) is 0.667. The van der Waals surface area contributed by atoms with Crippen molar-refractivity contribution in [1.29, 1.82) is 0 Å². The molecular weight excluding hydrogens is 341 g/mol. The monoisotopic (exact) mass is 371 g/mol. The number of hydrogen-bond donors (Lipinski definition) is 0. The predicted molar refractivity (Wildman–Crippen MR) is 92.5 cm³/mol. The summed E-state index contributed by atoms with van der Waals surface area (Å²) in [6.45, 7) is 11.1. The fourth-order valence-electron chi connectivity index (χ4n) is 1.68. The van der Waals surface area contributed by atoms with Gasteiger partial charge in [0.1, 0.15) is 0 Å². The molecule has 0 bridgehead atoms. The fourth-order valence-corrected chi connectivity index (χ4v) is 4.50. The third-order valence-corrected chi connectivity index (χ3v) is 4.96. The zero-order valence-electron chi connectivity index (χ0n) is 14.7. The van der Waals surface area contributed by atoms with Gasteiger partial charge in [0.05, 0.1) is 0 Å². The van der Waals surface area contributed by atoms with Gasteiger partial charge in [0.15, 0.2) is 0 Å². The maximum atomic E-state index is 4.92. The van der Waals surface area contributed by atoms with E-state index in [1.54, 1.807) is 28.2 Å². The van der Waals surface area contributed by atoms with Gasteiger partial charge in [-0.25, -0.2) is 0 Å². The van der Waals surface area contributed by atoms with Crippen LogP contribution >= 0.6 is 0 Å². The molecule has 0 fully saturated rings. The van der Waals surface area contributed by atoms with Gasteiger partial charge in [-0.3, -0.25) is 0 Å². The second-order valence-electron chi connectivity index (χ2n) is 5.91. The Morgan fingerprint density at radius 1 is 0.900 bits per heavy atom. The molecule has 114 valence electrons. The number of nitrogens with zero attached hydrogens (tertiary/aromatic N) is 3. The molecule has 0 spiro atoms. The van der Waals surface area contributed by atoms with Gasteiger partial charge < -0.3 is 15.6 Å². The summed E-state index contributed by atoms with van der Waals surface area (Å²) in [5.41, 5.74) is 0.0903. The minimum absolute atomic E-state index is 0. The number of hydrogen-bond acceptors (Lipinski definition) is 0. The van der Waals surface area contributed by atoms with E-state index in [1.807, 2.05) is 0 Å². The van der Waals surface area contributed by atoms with Crippen molar-refractivity contribution in [3.05, 3.63) is 45.5 Å². The zero-order valence-corrected chi connectivity index (χ0v) is 18.1. The van der Waals surface area contributed by atoms with Crippen LogP contribution in [0.2, 0.25) is 13.1 Å². The molecular formula is C15H31N3SiZr. The number of rotatable bonds is 2. The van der Waals surface area contributed by atoms with Crippen molar-refractivity contribution in [2.24, 2.45) is 0 Å². The van der Waals surface area contributed by atoms with Crippen molar-refractivity contribution in [3.8, 4) is 0 Å². The van der Waals surface area contributed by atoms with Crippen molar-refractivity contribution >= 4 is 8.24 Å². The summed E-state index contributed by atoms with van der Waals surface area (Å²) < 4.78 is 0. The summed E-state index contributed by atoms with van der Waals surface area (Å²) >= 11 is 0. The molecule has 0 aromatic heterocycles. The SMILES string of the molecule is CC(C)(C)[N-][Si](C)(C)C1=CC=C[CH]1.C[N-]C.C[N-]C.[Zr+3]. The summed E-state index contributed by atoms with van der Waals surface area (Å²) in [6.07, 6.45) is 8.59. The first-order valence-corrected chi connectivity index (χ1v) is 9.51. The van der Waals surface area contributed by atoms with Gasteiger partial charge in [-0.05, 0) is 8.24 Å². The second-order valence-corrected chi connectivity index (χ2v) is 9.83. The molecule has 0 saturated heterocycles. The van der Waals surface area contributed by atoms with Crippen LogP contribution in [0.4, 0.5) is 0 Å². The van der Waals surface area contributed by atoms with Crippen LogP contribution in [0.15, 0.2) is 23.4 Å². The zero-order chi connectivity index (χ0) is 15.5. The van der Waals surface area contributed by atoms with Crippen molar-refractivity contribution < 1.29 is 26.2 Å². The average molecular weight is 373 g/mol. The van der Waals surface area contributed by atoms with Crippen LogP contribution in [-0.4, -0.2) is 42.0 Å². The van der Waals surface area contributed by atoms with Crippen LogP contribution in [0, 0.1) is 6.42 Å². The summed E-state index contributed by atoms with van der Waals surface area (Å²) in [6, 6.07) is 0. The van der Waals surface area contributed by atoms with E-state index in [2.05, 4.69) is 69.1 Å². The van der Waals surface area contributed by atoms with Crippen LogP contribution in [-0.2, 0) is 26.2 Å². The molecule has 0 saturated carbocycles. The van der Waals surface area contributed by atoms with E-state index in [9.17, 15) is 0 Å². The van der Waals surface area contributed by atoms with Crippen molar-refractivity contribution in [2.45, 2.75) is 39.4 Å². The van der Waals surface area contributed by atoms with E-state index in [-0.39, 0.29) is 31.7 Å². The van der Waals surface area contributed by atoms with Crippen LogP contribution in [0.5, 0.6) is 0 Å². The maximum absolute atomic E-state index is 4.92. The molecule has 0 aliphatic heterocycles. The van der Waals surface area contributed by atoms with Crippen LogP contribution in [0.25, 0.3) is 15.6 Å². The summed E-state index contributed by atoms with van der Waals surface area (Å²) in [7, 11) is 5.46. The Kier molecular flexibility index (Phi) is 16.7. The first-order valence-electron chi connectivity index (χ1n) is 6.56. The third-order valence-electron chi connectivity index (χ3n) is 1.98. The van der Waals surface area contributed by atoms with Crippen molar-refractivity contribution in [3.63, 3.8) is 0 Å². The predicted octanol–water partition coefficient (Wildman–Crippen LogP) is 4.84. The summed E-state index contributed by atoms with van der Waals surface area (Å²) in [5.74, 6) is 0. The van der Waals surface area contributed by atoms with Crippen LogP contribution in [0.3, 0.4) is 0 Å². The van der Waals surface area contributed by atoms with Crippen LogP contribution < -0.4 is 0 Å². The molecule has 2 radical (unpaired) electrons.